The molecule has 26 heavy (non-hydrogen) atoms. The van der Waals surface area contributed by atoms with Crippen LogP contribution in [0.3, 0.4) is 0 Å². The van der Waals surface area contributed by atoms with Crippen LogP contribution in [-0.4, -0.2) is 28.8 Å². The van der Waals surface area contributed by atoms with Crippen molar-refractivity contribution in [2.75, 3.05) is 12.4 Å². The maximum Gasteiger partial charge on any atom is 0.337 e. The fourth-order valence-corrected chi connectivity index (χ4v) is 4.07. The van der Waals surface area contributed by atoms with E-state index in [1.807, 2.05) is 4.68 Å². The van der Waals surface area contributed by atoms with Crippen LogP contribution in [0.15, 0.2) is 29.1 Å². The second kappa shape index (κ2) is 6.48. The van der Waals surface area contributed by atoms with Gasteiger partial charge >= 0.3 is 5.97 Å². The van der Waals surface area contributed by atoms with E-state index in [9.17, 15) is 14.4 Å². The minimum atomic E-state index is -0.413. The van der Waals surface area contributed by atoms with Gasteiger partial charge in [0.1, 0.15) is 5.82 Å². The summed E-state index contributed by atoms with van der Waals surface area (Å²) < 4.78 is 6.56. The van der Waals surface area contributed by atoms with E-state index in [-0.39, 0.29) is 29.8 Å². The molecule has 1 fully saturated rings. The summed E-state index contributed by atoms with van der Waals surface area (Å²) in [5, 5.41) is 5.81. The number of hydrogen-bond donors (Lipinski definition) is 2. The van der Waals surface area contributed by atoms with E-state index < -0.39 is 5.97 Å². The lowest BCUT2D eigenvalue weighted by Crippen LogP contribution is -2.27. The molecule has 1 amide bonds. The number of carbonyl (C=O) groups is 2. The van der Waals surface area contributed by atoms with Gasteiger partial charge in [0.05, 0.1) is 24.3 Å². The number of aromatic nitrogens is 2. The van der Waals surface area contributed by atoms with Gasteiger partial charge in [-0.2, -0.15) is 0 Å². The molecule has 1 atom stereocenters. The second-order valence-corrected chi connectivity index (χ2v) is 6.93. The van der Waals surface area contributed by atoms with Crippen molar-refractivity contribution in [2.45, 2.75) is 44.1 Å². The normalized spacial score (nSPS) is 19.9. The Morgan fingerprint density at radius 3 is 2.50 bits per heavy atom. The highest BCUT2D eigenvalue weighted by atomic mass is 16.5. The van der Waals surface area contributed by atoms with Crippen molar-refractivity contribution >= 4 is 17.7 Å². The first kappa shape index (κ1) is 16.6. The van der Waals surface area contributed by atoms with Crippen LogP contribution < -0.4 is 10.9 Å². The van der Waals surface area contributed by atoms with Crippen LogP contribution in [0.1, 0.15) is 65.5 Å². The summed E-state index contributed by atoms with van der Waals surface area (Å²) in [7, 11) is 1.33. The summed E-state index contributed by atoms with van der Waals surface area (Å²) in [5.74, 6) is -0.244. The molecule has 2 aromatic rings. The van der Waals surface area contributed by atoms with Crippen molar-refractivity contribution in [2.24, 2.45) is 0 Å². The first-order valence-corrected chi connectivity index (χ1v) is 8.91. The predicted molar refractivity (Wildman–Crippen MR) is 95.4 cm³/mol. The fourth-order valence-electron chi connectivity index (χ4n) is 4.07. The molecule has 7 heteroatoms. The number of esters is 1. The molecule has 0 spiro atoms. The molecule has 0 bridgehead atoms. The largest absolute Gasteiger partial charge is 0.465 e. The molecule has 136 valence electrons. The summed E-state index contributed by atoms with van der Waals surface area (Å²) >= 11 is 0. The van der Waals surface area contributed by atoms with E-state index in [0.717, 1.165) is 31.2 Å². The third kappa shape index (κ3) is 2.73. The van der Waals surface area contributed by atoms with Crippen LogP contribution in [0.5, 0.6) is 0 Å². The van der Waals surface area contributed by atoms with Crippen molar-refractivity contribution in [3.05, 3.63) is 51.3 Å². The van der Waals surface area contributed by atoms with Crippen LogP contribution in [0.2, 0.25) is 0 Å². The number of benzene rings is 1. The van der Waals surface area contributed by atoms with E-state index in [1.54, 1.807) is 24.3 Å². The summed E-state index contributed by atoms with van der Waals surface area (Å²) in [6, 6.07) is 7.12. The molecule has 1 aromatic carbocycles. The molecule has 2 N–H and O–H groups in total. The number of nitrogens with one attached hydrogen (secondary N) is 2. The zero-order chi connectivity index (χ0) is 18.3. The van der Waals surface area contributed by atoms with E-state index in [2.05, 4.69) is 10.4 Å². The molecule has 0 unspecified atom stereocenters. The number of carbonyl (C=O) groups excluding carboxylic acids is 2. The average molecular weight is 355 g/mol. The number of amides is 1. The third-order valence-corrected chi connectivity index (χ3v) is 5.38. The number of rotatable bonds is 3. The summed E-state index contributed by atoms with van der Waals surface area (Å²) in [4.78, 5) is 36.6. The molecule has 1 aliphatic heterocycles. The highest BCUT2D eigenvalue weighted by Gasteiger charge is 2.34. The van der Waals surface area contributed by atoms with E-state index in [0.29, 0.717) is 16.9 Å². The van der Waals surface area contributed by atoms with Crippen molar-refractivity contribution < 1.29 is 14.3 Å². The van der Waals surface area contributed by atoms with Gasteiger partial charge in [-0.05, 0) is 30.5 Å². The molecule has 1 aromatic heterocycles. The van der Waals surface area contributed by atoms with Crippen LogP contribution >= 0.6 is 0 Å². The Morgan fingerprint density at radius 1 is 1.15 bits per heavy atom. The minimum Gasteiger partial charge on any atom is -0.465 e. The van der Waals surface area contributed by atoms with Crippen molar-refractivity contribution in [1.82, 2.24) is 9.78 Å². The smallest absolute Gasteiger partial charge is 0.337 e. The fraction of sp³-hybridized carbons (Fsp3) is 0.421. The van der Waals surface area contributed by atoms with Gasteiger partial charge in [0, 0.05) is 12.3 Å². The Balaban J connectivity index is 1.74. The highest BCUT2D eigenvalue weighted by molar-refractivity contribution is 5.94. The first-order valence-electron chi connectivity index (χ1n) is 8.91. The summed E-state index contributed by atoms with van der Waals surface area (Å²) in [6.07, 6.45) is 4.48. The molecular formula is C19H21N3O4. The van der Waals surface area contributed by atoms with E-state index in [4.69, 9.17) is 4.74 Å². The number of fused-ring (bicyclic) bond motifs is 1. The van der Waals surface area contributed by atoms with Crippen LogP contribution in [0, 0.1) is 0 Å². The van der Waals surface area contributed by atoms with Gasteiger partial charge in [-0.15, -0.1) is 0 Å². The Morgan fingerprint density at radius 2 is 1.85 bits per heavy atom. The molecule has 2 heterocycles. The number of anilines is 1. The number of methoxy groups -OCH3 is 1. The van der Waals surface area contributed by atoms with Crippen molar-refractivity contribution in [3.63, 3.8) is 0 Å². The average Bonchev–Trinajstić information content (AvgIpc) is 3.29. The monoisotopic (exact) mass is 355 g/mol. The van der Waals surface area contributed by atoms with Gasteiger partial charge in [-0.3, -0.25) is 19.4 Å². The Hall–Kier alpha value is -2.83. The molecule has 4 rings (SSSR count). The topological polar surface area (TPSA) is 93.2 Å². The second-order valence-electron chi connectivity index (χ2n) is 6.93. The van der Waals surface area contributed by atoms with Gasteiger partial charge in [-0.1, -0.05) is 25.0 Å². The Kier molecular flexibility index (Phi) is 4.14. The Bertz CT molecular complexity index is 904. The number of aromatic amines is 1. The van der Waals surface area contributed by atoms with Crippen molar-refractivity contribution in [1.29, 1.82) is 0 Å². The molecule has 0 radical (unpaired) electrons. The zero-order valence-corrected chi connectivity index (χ0v) is 14.6. The van der Waals surface area contributed by atoms with Gasteiger partial charge in [0.25, 0.3) is 5.56 Å². The minimum absolute atomic E-state index is 0.106. The predicted octanol–water partition coefficient (Wildman–Crippen LogP) is 2.55. The molecule has 1 saturated carbocycles. The quantitative estimate of drug-likeness (QED) is 0.828. The van der Waals surface area contributed by atoms with Crippen LogP contribution in [0.25, 0.3) is 0 Å². The summed E-state index contributed by atoms with van der Waals surface area (Å²) in [6.45, 7) is 0. The van der Waals surface area contributed by atoms with Crippen LogP contribution in [-0.2, 0) is 9.53 Å². The standard InChI is InChI=1S/C19H21N3O4/c1-26-19(25)12-8-6-11(7-9-12)14-10-15(23)20-17-16(14)18(24)21-22(17)13-4-2-3-5-13/h6-9,13-14H,2-5,10H2,1H3,(H,20,23)(H,21,24)/t14-/m0/s1. The lowest BCUT2D eigenvalue weighted by Gasteiger charge is -2.25. The first-order chi connectivity index (χ1) is 12.6. The number of hydrogen-bond acceptors (Lipinski definition) is 4. The molecule has 7 nitrogen and oxygen atoms in total. The van der Waals surface area contributed by atoms with Gasteiger partial charge < -0.3 is 10.1 Å². The maximum absolute atomic E-state index is 12.7. The maximum atomic E-state index is 12.7. The lowest BCUT2D eigenvalue weighted by atomic mass is 9.87. The molecular weight excluding hydrogens is 334 g/mol. The zero-order valence-electron chi connectivity index (χ0n) is 14.6. The molecule has 1 aliphatic carbocycles. The van der Waals surface area contributed by atoms with E-state index >= 15 is 0 Å². The number of ether oxygens (including phenoxy) is 1. The summed E-state index contributed by atoms with van der Waals surface area (Å²) in [5.41, 5.74) is 1.72. The molecule has 0 saturated heterocycles. The number of H-pyrrole nitrogens is 1. The van der Waals surface area contributed by atoms with Crippen LogP contribution in [0.4, 0.5) is 5.82 Å². The lowest BCUT2D eigenvalue weighted by molar-refractivity contribution is -0.116. The van der Waals surface area contributed by atoms with E-state index in [1.165, 1.54) is 7.11 Å². The SMILES string of the molecule is COC(=O)c1ccc([C@@H]2CC(=O)Nc3c2c(=O)[nH]n3C2CCCC2)cc1. The van der Waals surface area contributed by atoms with Gasteiger partial charge in [0.15, 0.2) is 0 Å². The van der Waals surface area contributed by atoms with Gasteiger partial charge in [0.2, 0.25) is 5.91 Å². The highest BCUT2D eigenvalue weighted by Crippen LogP contribution is 2.38. The van der Waals surface area contributed by atoms with Gasteiger partial charge in [-0.25, -0.2) is 4.79 Å². The van der Waals surface area contributed by atoms with Crippen molar-refractivity contribution in [3.8, 4) is 0 Å². The Labute approximate surface area is 150 Å². The number of nitrogens with zero attached hydrogens (tertiary/aromatic N) is 1. The molecule has 2 aliphatic rings. The third-order valence-electron chi connectivity index (χ3n) is 5.38.